The average Bonchev–Trinajstić information content (AvgIpc) is 3.18. The minimum Gasteiger partial charge on any atom is -0.346 e. The van der Waals surface area contributed by atoms with E-state index in [9.17, 15) is 4.79 Å². The van der Waals surface area contributed by atoms with Gasteiger partial charge in [-0.1, -0.05) is 51.5 Å². The molecule has 6 nitrogen and oxygen atoms in total. The Kier molecular flexibility index (Phi) is 5.48. The fourth-order valence-electron chi connectivity index (χ4n) is 3.09. The van der Waals surface area contributed by atoms with Gasteiger partial charge < -0.3 is 5.32 Å². The number of nitrogens with zero attached hydrogens (tertiary/aromatic N) is 4. The summed E-state index contributed by atoms with van der Waals surface area (Å²) in [5.41, 5.74) is 4.62. The monoisotopic (exact) mass is 447 g/mol. The highest BCUT2D eigenvalue weighted by Crippen LogP contribution is 2.26. The number of carbonyl (C=O) groups is 1. The van der Waals surface area contributed by atoms with Crippen molar-refractivity contribution in [3.8, 4) is 16.9 Å². The quantitative estimate of drug-likeness (QED) is 0.494. The van der Waals surface area contributed by atoms with E-state index in [4.69, 9.17) is 0 Å². The van der Waals surface area contributed by atoms with E-state index >= 15 is 0 Å². The molecule has 4 rings (SSSR count). The molecule has 7 heteroatoms. The zero-order valence-electron chi connectivity index (χ0n) is 15.7. The molecular formula is C22H18BrN5O. The van der Waals surface area contributed by atoms with Crippen LogP contribution >= 0.6 is 15.9 Å². The summed E-state index contributed by atoms with van der Waals surface area (Å²) in [4.78, 5) is 17.1. The van der Waals surface area contributed by atoms with Crippen molar-refractivity contribution >= 4 is 21.8 Å². The van der Waals surface area contributed by atoms with Crippen molar-refractivity contribution in [1.29, 1.82) is 0 Å². The topological polar surface area (TPSA) is 72.7 Å². The van der Waals surface area contributed by atoms with E-state index in [1.54, 1.807) is 17.1 Å². The number of aryl methyl sites for hydroxylation is 1. The summed E-state index contributed by atoms with van der Waals surface area (Å²) in [7, 11) is 0. The summed E-state index contributed by atoms with van der Waals surface area (Å²) in [5.74, 6) is -0.281. The number of amides is 1. The van der Waals surface area contributed by atoms with Crippen molar-refractivity contribution in [1.82, 2.24) is 25.3 Å². The molecule has 0 aliphatic carbocycles. The highest BCUT2D eigenvalue weighted by Gasteiger charge is 2.22. The summed E-state index contributed by atoms with van der Waals surface area (Å²) in [6.45, 7) is 2.39. The highest BCUT2D eigenvalue weighted by atomic mass is 79.9. The molecule has 0 radical (unpaired) electrons. The molecular weight excluding hydrogens is 430 g/mol. The molecule has 2 aromatic carbocycles. The van der Waals surface area contributed by atoms with Crippen molar-refractivity contribution in [2.45, 2.75) is 13.5 Å². The summed E-state index contributed by atoms with van der Waals surface area (Å²) in [6.07, 6.45) is 3.38. The molecule has 0 saturated heterocycles. The largest absolute Gasteiger partial charge is 0.346 e. The van der Waals surface area contributed by atoms with E-state index < -0.39 is 0 Å². The van der Waals surface area contributed by atoms with Crippen LogP contribution in [0, 0.1) is 6.92 Å². The Labute approximate surface area is 176 Å². The lowest BCUT2D eigenvalue weighted by Crippen LogP contribution is -2.24. The van der Waals surface area contributed by atoms with Crippen LogP contribution in [0.1, 0.15) is 21.6 Å². The number of rotatable bonds is 5. The highest BCUT2D eigenvalue weighted by molar-refractivity contribution is 9.10. The maximum atomic E-state index is 13.0. The van der Waals surface area contributed by atoms with Crippen LogP contribution in [-0.4, -0.2) is 25.9 Å². The van der Waals surface area contributed by atoms with Gasteiger partial charge in [-0.2, -0.15) is 0 Å². The van der Waals surface area contributed by atoms with Crippen molar-refractivity contribution < 1.29 is 4.79 Å². The van der Waals surface area contributed by atoms with E-state index in [1.165, 1.54) is 0 Å². The van der Waals surface area contributed by atoms with Gasteiger partial charge in [-0.15, -0.1) is 5.10 Å². The van der Waals surface area contributed by atoms with Gasteiger partial charge in [0.15, 0.2) is 5.69 Å². The van der Waals surface area contributed by atoms with E-state index in [-0.39, 0.29) is 11.6 Å². The van der Waals surface area contributed by atoms with E-state index in [2.05, 4.69) is 36.5 Å². The van der Waals surface area contributed by atoms with Crippen LogP contribution in [0.3, 0.4) is 0 Å². The molecule has 0 saturated carbocycles. The Morgan fingerprint density at radius 2 is 1.86 bits per heavy atom. The molecule has 0 aliphatic rings. The minimum absolute atomic E-state index is 0.273. The molecule has 144 valence electrons. The lowest BCUT2D eigenvalue weighted by Gasteiger charge is -2.11. The predicted molar refractivity (Wildman–Crippen MR) is 115 cm³/mol. The fraction of sp³-hybridized carbons (Fsp3) is 0.0909. The maximum Gasteiger partial charge on any atom is 0.274 e. The SMILES string of the molecule is Cc1ccccc1-n1nnc(C(=O)NCc2cccc(Br)c2)c1-c1ccncc1. The Bertz CT molecular complexity index is 1160. The third-order valence-electron chi connectivity index (χ3n) is 4.52. The van der Waals surface area contributed by atoms with Crippen molar-refractivity contribution in [2.75, 3.05) is 0 Å². The average molecular weight is 448 g/mol. The first-order valence-electron chi connectivity index (χ1n) is 9.08. The number of hydrogen-bond acceptors (Lipinski definition) is 4. The summed E-state index contributed by atoms with van der Waals surface area (Å²) >= 11 is 3.45. The van der Waals surface area contributed by atoms with Crippen LogP contribution < -0.4 is 5.32 Å². The van der Waals surface area contributed by atoms with Gasteiger partial charge >= 0.3 is 0 Å². The van der Waals surface area contributed by atoms with Gasteiger partial charge in [0.2, 0.25) is 0 Å². The molecule has 2 aromatic heterocycles. The smallest absolute Gasteiger partial charge is 0.274 e. The minimum atomic E-state index is -0.281. The first kappa shape index (κ1) is 19.0. The standard InChI is InChI=1S/C22H18BrN5O/c1-15-5-2-3-8-19(15)28-21(17-9-11-24-12-10-17)20(26-27-28)22(29)25-14-16-6-4-7-18(23)13-16/h2-13H,14H2,1H3,(H,25,29). The number of hydrogen-bond donors (Lipinski definition) is 1. The van der Waals surface area contributed by atoms with Gasteiger partial charge in [-0.25, -0.2) is 4.68 Å². The van der Waals surface area contributed by atoms with Gasteiger partial charge in [0.1, 0.15) is 5.69 Å². The Morgan fingerprint density at radius 3 is 2.62 bits per heavy atom. The van der Waals surface area contributed by atoms with Crippen molar-refractivity contribution in [3.05, 3.63) is 94.4 Å². The summed E-state index contributed by atoms with van der Waals surface area (Å²) < 4.78 is 2.67. The third kappa shape index (κ3) is 4.09. The first-order chi connectivity index (χ1) is 14.1. The second-order valence-electron chi connectivity index (χ2n) is 6.53. The molecule has 1 amide bonds. The van der Waals surface area contributed by atoms with Gasteiger partial charge in [0.05, 0.1) is 5.69 Å². The van der Waals surface area contributed by atoms with Crippen LogP contribution in [0.2, 0.25) is 0 Å². The number of benzene rings is 2. The molecule has 0 aliphatic heterocycles. The van der Waals surface area contributed by atoms with Crippen LogP contribution in [0.15, 0.2) is 77.5 Å². The summed E-state index contributed by atoms with van der Waals surface area (Å²) in [5, 5.41) is 11.4. The lowest BCUT2D eigenvalue weighted by atomic mass is 10.1. The number of carbonyl (C=O) groups excluding carboxylic acids is 1. The molecule has 1 N–H and O–H groups in total. The van der Waals surface area contributed by atoms with Crippen LogP contribution in [0.25, 0.3) is 16.9 Å². The van der Waals surface area contributed by atoms with Gasteiger partial charge in [-0.3, -0.25) is 9.78 Å². The van der Waals surface area contributed by atoms with Crippen LogP contribution in [-0.2, 0) is 6.54 Å². The number of pyridine rings is 1. The van der Waals surface area contributed by atoms with E-state index in [0.29, 0.717) is 12.2 Å². The molecule has 0 spiro atoms. The van der Waals surface area contributed by atoms with Crippen molar-refractivity contribution in [3.63, 3.8) is 0 Å². The number of aromatic nitrogens is 4. The van der Waals surface area contributed by atoms with Gasteiger partial charge in [0, 0.05) is 29.0 Å². The van der Waals surface area contributed by atoms with E-state index in [1.807, 2.05) is 67.6 Å². The van der Waals surface area contributed by atoms with Crippen LogP contribution in [0.5, 0.6) is 0 Å². The number of nitrogens with one attached hydrogen (secondary N) is 1. The zero-order chi connectivity index (χ0) is 20.2. The second-order valence-corrected chi connectivity index (χ2v) is 7.45. The first-order valence-corrected chi connectivity index (χ1v) is 9.87. The maximum absolute atomic E-state index is 13.0. The molecule has 0 bridgehead atoms. The molecule has 4 aromatic rings. The second kappa shape index (κ2) is 8.36. The van der Waals surface area contributed by atoms with Crippen molar-refractivity contribution in [2.24, 2.45) is 0 Å². The molecule has 0 atom stereocenters. The molecule has 0 unspecified atom stereocenters. The molecule has 29 heavy (non-hydrogen) atoms. The number of halogens is 1. The fourth-order valence-corrected chi connectivity index (χ4v) is 3.53. The molecule has 0 fully saturated rings. The normalized spacial score (nSPS) is 10.7. The van der Waals surface area contributed by atoms with Crippen LogP contribution in [0.4, 0.5) is 0 Å². The lowest BCUT2D eigenvalue weighted by molar-refractivity contribution is 0.0946. The Balaban J connectivity index is 1.72. The summed E-state index contributed by atoms with van der Waals surface area (Å²) in [6, 6.07) is 19.4. The predicted octanol–water partition coefficient (Wildman–Crippen LogP) is 4.33. The zero-order valence-corrected chi connectivity index (χ0v) is 17.3. The third-order valence-corrected chi connectivity index (χ3v) is 5.02. The molecule has 2 heterocycles. The van der Waals surface area contributed by atoms with E-state index in [0.717, 1.165) is 26.9 Å². The Hall–Kier alpha value is -3.32. The number of para-hydroxylation sites is 1. The Morgan fingerprint density at radius 1 is 1.07 bits per heavy atom. The van der Waals surface area contributed by atoms with Gasteiger partial charge in [0.25, 0.3) is 5.91 Å². The van der Waals surface area contributed by atoms with Gasteiger partial charge in [-0.05, 0) is 48.4 Å².